The average Bonchev–Trinajstić information content (AvgIpc) is 3.22. The number of aromatic nitrogens is 1. The van der Waals surface area contributed by atoms with Crippen molar-refractivity contribution >= 4 is 41.3 Å². The van der Waals surface area contributed by atoms with Crippen LogP contribution in [-0.2, 0) is 16.0 Å². The van der Waals surface area contributed by atoms with Gasteiger partial charge in [-0.25, -0.2) is 4.98 Å². The van der Waals surface area contributed by atoms with Crippen LogP contribution in [0.25, 0.3) is 10.6 Å². The number of hydrogen-bond donors (Lipinski definition) is 1. The molecule has 0 spiro atoms. The van der Waals surface area contributed by atoms with E-state index in [0.717, 1.165) is 67.8 Å². The van der Waals surface area contributed by atoms with Crippen molar-refractivity contribution in [3.8, 4) is 10.6 Å². The summed E-state index contributed by atoms with van der Waals surface area (Å²) in [6, 6.07) is 10.3. The molecular weight excluding hydrogens is 499 g/mol. The SMILES string of the molecule is CN=C(NCc1csc(-c2ccccc2)n1)N1CCC(OCCCOC)CC1.I. The van der Waals surface area contributed by atoms with Crippen LogP contribution in [0.5, 0.6) is 0 Å². The molecule has 1 saturated heterocycles. The Bertz CT molecular complexity index is 733. The minimum atomic E-state index is 0. The van der Waals surface area contributed by atoms with Gasteiger partial charge in [0.15, 0.2) is 5.96 Å². The van der Waals surface area contributed by atoms with Crippen molar-refractivity contribution in [3.05, 3.63) is 41.4 Å². The number of nitrogens with zero attached hydrogens (tertiary/aromatic N) is 3. The molecule has 6 nitrogen and oxygen atoms in total. The Morgan fingerprint density at radius 2 is 2.00 bits per heavy atom. The van der Waals surface area contributed by atoms with Gasteiger partial charge in [-0.1, -0.05) is 30.3 Å². The number of nitrogens with one attached hydrogen (secondary N) is 1. The van der Waals surface area contributed by atoms with Crippen molar-refractivity contribution in [3.63, 3.8) is 0 Å². The van der Waals surface area contributed by atoms with Gasteiger partial charge in [0.05, 0.1) is 18.3 Å². The van der Waals surface area contributed by atoms with E-state index in [0.29, 0.717) is 12.6 Å². The summed E-state index contributed by atoms with van der Waals surface area (Å²) >= 11 is 1.68. The first-order valence-electron chi connectivity index (χ1n) is 9.86. The standard InChI is InChI=1S/C21H30N4O2S.HI/c1-22-21(25-11-9-19(10-12-25)27-14-6-13-26-2)23-15-18-16-28-20(24-18)17-7-4-3-5-8-17;/h3-5,7-8,16,19H,6,9-15H2,1-2H3,(H,22,23);1H. The minimum absolute atomic E-state index is 0. The van der Waals surface area contributed by atoms with E-state index in [1.54, 1.807) is 18.4 Å². The van der Waals surface area contributed by atoms with E-state index >= 15 is 0 Å². The second-order valence-electron chi connectivity index (χ2n) is 6.81. The highest BCUT2D eigenvalue weighted by atomic mass is 127. The Balaban J connectivity index is 0.00000300. The lowest BCUT2D eigenvalue weighted by molar-refractivity contribution is 0.00989. The number of thiazole rings is 1. The summed E-state index contributed by atoms with van der Waals surface area (Å²) in [4.78, 5) is 11.5. The molecule has 0 saturated carbocycles. The van der Waals surface area contributed by atoms with E-state index in [9.17, 15) is 0 Å². The second-order valence-corrected chi connectivity index (χ2v) is 7.67. The summed E-state index contributed by atoms with van der Waals surface area (Å²) in [5.41, 5.74) is 2.21. The van der Waals surface area contributed by atoms with E-state index in [1.807, 2.05) is 25.2 Å². The van der Waals surface area contributed by atoms with Crippen LogP contribution >= 0.6 is 35.3 Å². The van der Waals surface area contributed by atoms with E-state index in [1.165, 1.54) is 0 Å². The Labute approximate surface area is 194 Å². The number of guanidine groups is 1. The molecule has 0 unspecified atom stereocenters. The quantitative estimate of drug-likeness (QED) is 0.242. The second kappa shape index (κ2) is 13.1. The molecule has 1 aromatic heterocycles. The molecule has 160 valence electrons. The molecule has 2 heterocycles. The number of benzene rings is 1. The zero-order chi connectivity index (χ0) is 19.6. The molecule has 0 radical (unpaired) electrons. The Morgan fingerprint density at radius 1 is 1.24 bits per heavy atom. The van der Waals surface area contributed by atoms with Crippen LogP contribution in [0.1, 0.15) is 25.0 Å². The molecule has 1 fully saturated rings. The summed E-state index contributed by atoms with van der Waals surface area (Å²) in [6.45, 7) is 4.14. The highest BCUT2D eigenvalue weighted by Gasteiger charge is 2.21. The van der Waals surface area contributed by atoms with Crippen molar-refractivity contribution in [1.82, 2.24) is 15.2 Å². The predicted octanol–water partition coefficient (Wildman–Crippen LogP) is 4.02. The summed E-state index contributed by atoms with van der Waals surface area (Å²) < 4.78 is 11.0. The molecule has 1 aliphatic rings. The number of rotatable bonds is 8. The van der Waals surface area contributed by atoms with Crippen molar-refractivity contribution < 1.29 is 9.47 Å². The molecule has 0 amide bonds. The topological polar surface area (TPSA) is 59.0 Å². The summed E-state index contributed by atoms with van der Waals surface area (Å²) in [5.74, 6) is 0.937. The summed E-state index contributed by atoms with van der Waals surface area (Å²) in [6.07, 6.45) is 3.36. The normalized spacial score (nSPS) is 15.2. The molecule has 0 aliphatic carbocycles. The molecule has 0 bridgehead atoms. The van der Waals surface area contributed by atoms with Gasteiger partial charge in [0, 0.05) is 51.4 Å². The maximum Gasteiger partial charge on any atom is 0.193 e. The molecule has 29 heavy (non-hydrogen) atoms. The third-order valence-corrected chi connectivity index (χ3v) is 5.74. The lowest BCUT2D eigenvalue weighted by atomic mass is 10.1. The molecule has 1 aromatic carbocycles. The number of aliphatic imine (C=N–C) groups is 1. The number of piperidine rings is 1. The van der Waals surface area contributed by atoms with Crippen LogP contribution in [0.3, 0.4) is 0 Å². The van der Waals surface area contributed by atoms with Crippen LogP contribution in [-0.4, -0.2) is 62.4 Å². The number of ether oxygens (including phenoxy) is 2. The van der Waals surface area contributed by atoms with Gasteiger partial charge < -0.3 is 19.7 Å². The highest BCUT2D eigenvalue weighted by molar-refractivity contribution is 14.0. The molecule has 0 atom stereocenters. The van der Waals surface area contributed by atoms with E-state index in [-0.39, 0.29) is 24.0 Å². The van der Waals surface area contributed by atoms with Crippen LogP contribution < -0.4 is 5.32 Å². The van der Waals surface area contributed by atoms with Crippen LogP contribution in [0.4, 0.5) is 0 Å². The van der Waals surface area contributed by atoms with E-state index in [2.05, 4.69) is 32.7 Å². The van der Waals surface area contributed by atoms with Crippen LogP contribution in [0, 0.1) is 0 Å². The minimum Gasteiger partial charge on any atom is -0.385 e. The lowest BCUT2D eigenvalue weighted by Gasteiger charge is -2.34. The predicted molar refractivity (Wildman–Crippen MR) is 130 cm³/mol. The van der Waals surface area contributed by atoms with Crippen molar-refractivity contribution in [1.29, 1.82) is 0 Å². The molecular formula is C21H31IN4O2S. The first-order valence-corrected chi connectivity index (χ1v) is 10.7. The number of likely N-dealkylation sites (tertiary alicyclic amines) is 1. The largest absolute Gasteiger partial charge is 0.385 e. The van der Waals surface area contributed by atoms with Crippen LogP contribution in [0.2, 0.25) is 0 Å². The number of methoxy groups -OCH3 is 1. The molecule has 3 rings (SSSR count). The summed E-state index contributed by atoms with van der Waals surface area (Å²) in [5, 5.41) is 6.63. The zero-order valence-corrected chi connectivity index (χ0v) is 20.3. The van der Waals surface area contributed by atoms with Gasteiger partial charge in [0.2, 0.25) is 0 Å². The number of halogens is 1. The van der Waals surface area contributed by atoms with E-state index < -0.39 is 0 Å². The first-order chi connectivity index (χ1) is 13.8. The van der Waals surface area contributed by atoms with Crippen molar-refractivity contribution in [2.45, 2.75) is 31.9 Å². The maximum absolute atomic E-state index is 5.95. The molecule has 1 N–H and O–H groups in total. The van der Waals surface area contributed by atoms with Gasteiger partial charge in [-0.15, -0.1) is 35.3 Å². The molecule has 8 heteroatoms. The fourth-order valence-corrected chi connectivity index (χ4v) is 4.12. The van der Waals surface area contributed by atoms with Gasteiger partial charge in [0.1, 0.15) is 5.01 Å². The lowest BCUT2D eigenvalue weighted by Crippen LogP contribution is -2.46. The molecule has 2 aromatic rings. The first kappa shape index (κ1) is 24.0. The van der Waals surface area contributed by atoms with Gasteiger partial charge in [0.25, 0.3) is 0 Å². The van der Waals surface area contributed by atoms with Gasteiger partial charge in [-0.3, -0.25) is 4.99 Å². The fraction of sp³-hybridized carbons (Fsp3) is 0.524. The average molecular weight is 530 g/mol. The highest BCUT2D eigenvalue weighted by Crippen LogP contribution is 2.23. The molecule has 1 aliphatic heterocycles. The van der Waals surface area contributed by atoms with E-state index in [4.69, 9.17) is 14.5 Å². The van der Waals surface area contributed by atoms with Crippen molar-refractivity contribution in [2.75, 3.05) is 40.5 Å². The Morgan fingerprint density at radius 3 is 2.69 bits per heavy atom. The van der Waals surface area contributed by atoms with Crippen LogP contribution in [0.15, 0.2) is 40.7 Å². The Kier molecular flexibility index (Phi) is 10.9. The monoisotopic (exact) mass is 530 g/mol. The van der Waals surface area contributed by atoms with Gasteiger partial charge in [-0.05, 0) is 19.3 Å². The number of hydrogen-bond acceptors (Lipinski definition) is 5. The maximum atomic E-state index is 5.95. The van der Waals surface area contributed by atoms with Gasteiger partial charge >= 0.3 is 0 Å². The van der Waals surface area contributed by atoms with Gasteiger partial charge in [-0.2, -0.15) is 0 Å². The smallest absolute Gasteiger partial charge is 0.193 e. The fourth-order valence-electron chi connectivity index (χ4n) is 3.29. The van der Waals surface area contributed by atoms with Crippen molar-refractivity contribution in [2.24, 2.45) is 4.99 Å². The third kappa shape index (κ3) is 7.51. The zero-order valence-electron chi connectivity index (χ0n) is 17.2. The Hall–Kier alpha value is -1.23. The summed E-state index contributed by atoms with van der Waals surface area (Å²) in [7, 11) is 3.57. The third-order valence-electron chi connectivity index (χ3n) is 4.80.